The van der Waals surface area contributed by atoms with Gasteiger partial charge in [0.2, 0.25) is 5.88 Å². The Kier molecular flexibility index (Phi) is 7.68. The number of carbonyl (C=O) groups excluding carboxylic acids is 1. The third-order valence-electron chi connectivity index (χ3n) is 5.19. The maximum Gasteiger partial charge on any atom is 0.313 e. The number of aromatic nitrogens is 2. The summed E-state index contributed by atoms with van der Waals surface area (Å²) in [6.45, 7) is 7.14. The van der Waals surface area contributed by atoms with Crippen LogP contribution in [0.3, 0.4) is 0 Å². The number of fused-ring (bicyclic) bond motifs is 1. The molecule has 0 aliphatic rings. The first-order chi connectivity index (χ1) is 14.7. The molecule has 1 aromatic carbocycles. The number of benzene rings is 1. The molecule has 2 N–H and O–H groups in total. The molecule has 1 amide bonds. The Labute approximate surface area is 177 Å². The van der Waals surface area contributed by atoms with Crippen molar-refractivity contribution in [2.75, 3.05) is 13.1 Å². The van der Waals surface area contributed by atoms with E-state index in [0.29, 0.717) is 12.4 Å². The SMILES string of the molecule is CCCC[NH+](CCCC)Cn1c(O)c(N=NC(=O)c2ccccn2)c2ccccc21. The molecule has 2 heterocycles. The van der Waals surface area contributed by atoms with E-state index in [4.69, 9.17) is 0 Å². The summed E-state index contributed by atoms with van der Waals surface area (Å²) in [7, 11) is 0. The number of hydrogen-bond donors (Lipinski definition) is 2. The summed E-state index contributed by atoms with van der Waals surface area (Å²) in [5.74, 6) is -0.496. The van der Waals surface area contributed by atoms with Crippen molar-refractivity contribution in [1.82, 2.24) is 9.55 Å². The first-order valence-corrected chi connectivity index (χ1v) is 10.7. The smallest absolute Gasteiger partial charge is 0.313 e. The van der Waals surface area contributed by atoms with Crippen LogP contribution in [0.15, 0.2) is 58.9 Å². The number of para-hydroxylation sites is 1. The molecule has 158 valence electrons. The van der Waals surface area contributed by atoms with E-state index in [1.54, 1.807) is 18.2 Å². The van der Waals surface area contributed by atoms with Gasteiger partial charge in [-0.1, -0.05) is 51.0 Å². The highest BCUT2D eigenvalue weighted by Gasteiger charge is 2.20. The lowest BCUT2D eigenvalue weighted by atomic mass is 10.2. The Morgan fingerprint density at radius 2 is 1.77 bits per heavy atom. The molecule has 3 aromatic rings. The van der Waals surface area contributed by atoms with Crippen molar-refractivity contribution in [3.8, 4) is 5.88 Å². The average molecular weight is 409 g/mol. The second kappa shape index (κ2) is 10.6. The number of pyridine rings is 1. The van der Waals surface area contributed by atoms with E-state index in [2.05, 4.69) is 29.1 Å². The number of carbonyl (C=O) groups is 1. The minimum absolute atomic E-state index is 0.0410. The van der Waals surface area contributed by atoms with Gasteiger partial charge < -0.3 is 10.0 Å². The molecule has 0 radical (unpaired) electrons. The largest absolute Gasteiger partial charge is 0.493 e. The molecule has 0 aliphatic carbocycles. The second-order valence-electron chi connectivity index (χ2n) is 7.45. The number of nitrogens with zero attached hydrogens (tertiary/aromatic N) is 4. The van der Waals surface area contributed by atoms with Crippen molar-refractivity contribution in [1.29, 1.82) is 0 Å². The van der Waals surface area contributed by atoms with Gasteiger partial charge >= 0.3 is 5.91 Å². The van der Waals surface area contributed by atoms with Crippen molar-refractivity contribution in [2.24, 2.45) is 10.2 Å². The van der Waals surface area contributed by atoms with Gasteiger partial charge in [-0.15, -0.1) is 10.2 Å². The maximum atomic E-state index is 12.3. The van der Waals surface area contributed by atoms with Crippen molar-refractivity contribution in [3.63, 3.8) is 0 Å². The van der Waals surface area contributed by atoms with Crippen LogP contribution in [0.2, 0.25) is 0 Å². The molecule has 0 fully saturated rings. The molecular weight excluding hydrogens is 378 g/mol. The van der Waals surface area contributed by atoms with E-state index in [1.807, 2.05) is 28.8 Å². The predicted octanol–water partition coefficient (Wildman–Crippen LogP) is 4.11. The van der Waals surface area contributed by atoms with Gasteiger partial charge in [-0.2, -0.15) is 0 Å². The zero-order valence-electron chi connectivity index (χ0n) is 17.7. The molecule has 0 bridgehead atoms. The van der Waals surface area contributed by atoms with E-state index in [1.165, 1.54) is 11.1 Å². The molecule has 30 heavy (non-hydrogen) atoms. The van der Waals surface area contributed by atoms with E-state index in [-0.39, 0.29) is 11.6 Å². The van der Waals surface area contributed by atoms with Crippen molar-refractivity contribution in [2.45, 2.75) is 46.2 Å². The van der Waals surface area contributed by atoms with E-state index >= 15 is 0 Å². The Morgan fingerprint density at radius 1 is 1.07 bits per heavy atom. The van der Waals surface area contributed by atoms with E-state index in [0.717, 1.165) is 49.7 Å². The normalized spacial score (nSPS) is 11.7. The van der Waals surface area contributed by atoms with Gasteiger partial charge in [-0.3, -0.25) is 14.3 Å². The molecule has 7 nitrogen and oxygen atoms in total. The Hall–Kier alpha value is -3.06. The highest BCUT2D eigenvalue weighted by molar-refractivity contribution is 5.96. The van der Waals surface area contributed by atoms with Crippen LogP contribution in [-0.2, 0) is 6.67 Å². The minimum Gasteiger partial charge on any atom is -0.493 e. The van der Waals surface area contributed by atoms with Crippen LogP contribution in [0, 0.1) is 0 Å². The van der Waals surface area contributed by atoms with Crippen LogP contribution in [0.5, 0.6) is 5.88 Å². The van der Waals surface area contributed by atoms with Gasteiger partial charge in [0.15, 0.2) is 12.4 Å². The Balaban J connectivity index is 1.92. The zero-order valence-corrected chi connectivity index (χ0v) is 17.7. The number of nitrogens with one attached hydrogen (secondary N) is 1. The number of azo groups is 1. The molecule has 0 aliphatic heterocycles. The zero-order chi connectivity index (χ0) is 21.3. The fraction of sp³-hybridized carbons (Fsp3) is 0.391. The Bertz CT molecular complexity index is 990. The topological polar surface area (TPSA) is 84.3 Å². The lowest BCUT2D eigenvalue weighted by molar-refractivity contribution is -0.923. The Morgan fingerprint density at radius 3 is 2.43 bits per heavy atom. The average Bonchev–Trinajstić information content (AvgIpc) is 3.05. The molecule has 0 saturated heterocycles. The maximum absolute atomic E-state index is 12.3. The number of aromatic hydroxyl groups is 1. The summed E-state index contributed by atoms with van der Waals surface area (Å²) in [5, 5.41) is 19.7. The van der Waals surface area contributed by atoms with Gasteiger partial charge in [0, 0.05) is 11.6 Å². The third kappa shape index (κ3) is 5.10. The van der Waals surface area contributed by atoms with Gasteiger partial charge in [-0.05, 0) is 31.0 Å². The number of rotatable bonds is 10. The summed E-state index contributed by atoms with van der Waals surface area (Å²) in [4.78, 5) is 17.7. The molecule has 0 saturated carbocycles. The molecule has 3 rings (SSSR count). The van der Waals surface area contributed by atoms with Gasteiger partial charge in [0.1, 0.15) is 5.69 Å². The monoisotopic (exact) mass is 408 g/mol. The van der Waals surface area contributed by atoms with Crippen molar-refractivity contribution >= 4 is 22.5 Å². The van der Waals surface area contributed by atoms with Crippen LogP contribution in [0.25, 0.3) is 10.9 Å². The summed E-state index contributed by atoms with van der Waals surface area (Å²) >= 11 is 0. The lowest BCUT2D eigenvalue weighted by Crippen LogP contribution is -3.11. The summed E-state index contributed by atoms with van der Waals surface area (Å²) in [6.07, 6.45) is 6.11. The summed E-state index contributed by atoms with van der Waals surface area (Å²) in [5.41, 5.74) is 1.43. The fourth-order valence-corrected chi connectivity index (χ4v) is 3.53. The first-order valence-electron chi connectivity index (χ1n) is 10.7. The molecule has 2 aromatic heterocycles. The van der Waals surface area contributed by atoms with Crippen LogP contribution < -0.4 is 4.90 Å². The van der Waals surface area contributed by atoms with E-state index < -0.39 is 5.91 Å². The van der Waals surface area contributed by atoms with Crippen molar-refractivity contribution in [3.05, 3.63) is 54.4 Å². The van der Waals surface area contributed by atoms with Gasteiger partial charge in [0.25, 0.3) is 0 Å². The summed E-state index contributed by atoms with van der Waals surface area (Å²) in [6, 6.07) is 12.7. The molecule has 7 heteroatoms. The number of amides is 1. The standard InChI is InChI=1S/C23H29N5O2/c1-3-5-15-27(16-6-4-2)17-28-20-13-8-7-11-18(20)21(23(28)30)25-26-22(29)19-12-9-10-14-24-19/h7-14,30H,3-6,15-17H2,1-2H3/p+1. The van der Waals surface area contributed by atoms with E-state index in [9.17, 15) is 9.90 Å². The fourth-order valence-electron chi connectivity index (χ4n) is 3.53. The van der Waals surface area contributed by atoms with Crippen LogP contribution >= 0.6 is 0 Å². The first kappa shape index (κ1) is 21.6. The second-order valence-corrected chi connectivity index (χ2v) is 7.45. The minimum atomic E-state index is -0.537. The van der Waals surface area contributed by atoms with Gasteiger partial charge in [0.05, 0.1) is 18.6 Å². The van der Waals surface area contributed by atoms with Crippen LogP contribution in [0.1, 0.15) is 50.0 Å². The molecule has 0 spiro atoms. The van der Waals surface area contributed by atoms with Gasteiger partial charge in [-0.25, -0.2) is 0 Å². The molecule has 0 unspecified atom stereocenters. The molecule has 0 atom stereocenters. The summed E-state index contributed by atoms with van der Waals surface area (Å²) < 4.78 is 1.88. The number of unbranched alkanes of at least 4 members (excludes halogenated alkanes) is 2. The van der Waals surface area contributed by atoms with Crippen LogP contribution in [-0.4, -0.2) is 33.7 Å². The molecular formula is C23H30N5O2+. The number of quaternary nitrogens is 1. The van der Waals surface area contributed by atoms with Crippen molar-refractivity contribution < 1.29 is 14.8 Å². The van der Waals surface area contributed by atoms with Crippen LogP contribution in [0.4, 0.5) is 5.69 Å². The quantitative estimate of drug-likeness (QED) is 0.495. The number of hydrogen-bond acceptors (Lipinski definition) is 4. The highest BCUT2D eigenvalue weighted by Crippen LogP contribution is 2.38. The highest BCUT2D eigenvalue weighted by atomic mass is 16.3. The predicted molar refractivity (Wildman–Crippen MR) is 117 cm³/mol. The lowest BCUT2D eigenvalue weighted by Gasteiger charge is -2.20. The third-order valence-corrected chi connectivity index (χ3v) is 5.19.